The number of hydrogen-bond acceptors (Lipinski definition) is 5. The molecule has 2 N–H and O–H groups in total. The van der Waals surface area contributed by atoms with Crippen molar-refractivity contribution in [3.8, 4) is 0 Å². The molecule has 5 nitrogen and oxygen atoms in total. The second kappa shape index (κ2) is 6.11. The first-order valence-electron chi connectivity index (χ1n) is 6.74. The number of anilines is 2. The van der Waals surface area contributed by atoms with Crippen molar-refractivity contribution in [1.29, 1.82) is 0 Å². The van der Waals surface area contributed by atoms with E-state index in [4.69, 9.17) is 0 Å². The molecule has 1 aliphatic heterocycles. The highest BCUT2D eigenvalue weighted by molar-refractivity contribution is 7.99. The smallest absolute Gasteiger partial charge is 0.427 e. The normalized spacial score (nSPS) is 12.7. The Morgan fingerprint density at radius 2 is 1.95 bits per heavy atom. The number of nitrogens with one attached hydrogen (secondary N) is 2. The summed E-state index contributed by atoms with van der Waals surface area (Å²) in [7, 11) is 1.30. The summed E-state index contributed by atoms with van der Waals surface area (Å²) in [4.78, 5) is 13.4. The van der Waals surface area contributed by atoms with E-state index in [-0.39, 0.29) is 0 Å². The van der Waals surface area contributed by atoms with Gasteiger partial charge in [-0.25, -0.2) is 10.2 Å². The quantitative estimate of drug-likeness (QED) is 0.555. The van der Waals surface area contributed by atoms with Gasteiger partial charge in [-0.05, 0) is 36.8 Å². The third-order valence-corrected chi connectivity index (χ3v) is 4.43. The predicted octanol–water partition coefficient (Wildman–Crippen LogP) is 3.97. The lowest BCUT2D eigenvalue weighted by Gasteiger charge is -2.21. The Morgan fingerprint density at radius 1 is 1.18 bits per heavy atom. The van der Waals surface area contributed by atoms with Crippen LogP contribution in [-0.4, -0.2) is 18.9 Å². The number of amides is 1. The molecule has 1 heterocycles. The number of para-hydroxylation sites is 1. The SMILES string of the molecule is COC(=O)N/N=C(\C)c1ccc2c(c1)Nc1ccccc1S2. The van der Waals surface area contributed by atoms with Gasteiger partial charge in [0.25, 0.3) is 0 Å². The standard InChI is InChI=1S/C16H15N3O2S/c1-10(18-19-16(20)21-2)11-7-8-15-13(9-11)17-12-5-3-4-6-14(12)22-15/h3-9,17H,1-2H3,(H,19,20)/b18-10+. The molecule has 0 unspecified atom stereocenters. The maximum absolute atomic E-state index is 11.1. The lowest BCUT2D eigenvalue weighted by atomic mass is 10.1. The van der Waals surface area contributed by atoms with Gasteiger partial charge in [-0.2, -0.15) is 5.10 Å². The molecule has 3 rings (SSSR count). The molecule has 22 heavy (non-hydrogen) atoms. The minimum atomic E-state index is -0.583. The average molecular weight is 313 g/mol. The minimum absolute atomic E-state index is 0.583. The van der Waals surface area contributed by atoms with Gasteiger partial charge in [0.15, 0.2) is 0 Å². The van der Waals surface area contributed by atoms with E-state index in [2.05, 4.69) is 38.8 Å². The highest BCUT2D eigenvalue weighted by atomic mass is 32.2. The Labute approximate surface area is 132 Å². The van der Waals surface area contributed by atoms with Crippen LogP contribution in [0.5, 0.6) is 0 Å². The van der Waals surface area contributed by atoms with Gasteiger partial charge in [0.1, 0.15) is 0 Å². The summed E-state index contributed by atoms with van der Waals surface area (Å²) in [5.74, 6) is 0. The highest BCUT2D eigenvalue weighted by Crippen LogP contribution is 2.44. The van der Waals surface area contributed by atoms with E-state index in [0.29, 0.717) is 5.71 Å². The van der Waals surface area contributed by atoms with Crippen molar-refractivity contribution < 1.29 is 9.53 Å². The van der Waals surface area contributed by atoms with E-state index in [1.807, 2.05) is 31.2 Å². The van der Waals surface area contributed by atoms with Crippen molar-refractivity contribution in [2.75, 3.05) is 12.4 Å². The number of rotatable bonds is 2. The van der Waals surface area contributed by atoms with Crippen molar-refractivity contribution in [2.24, 2.45) is 5.10 Å². The second-order valence-electron chi connectivity index (χ2n) is 4.73. The maximum Gasteiger partial charge on any atom is 0.427 e. The van der Waals surface area contributed by atoms with Crippen molar-refractivity contribution >= 4 is 34.9 Å². The van der Waals surface area contributed by atoms with Crippen LogP contribution in [0.4, 0.5) is 16.2 Å². The minimum Gasteiger partial charge on any atom is -0.452 e. The molecule has 0 spiro atoms. The van der Waals surface area contributed by atoms with Crippen molar-refractivity contribution in [1.82, 2.24) is 5.43 Å². The van der Waals surface area contributed by atoms with Crippen LogP contribution in [0.1, 0.15) is 12.5 Å². The molecule has 0 aromatic heterocycles. The summed E-state index contributed by atoms with van der Waals surface area (Å²) in [6.45, 7) is 1.83. The molecule has 1 amide bonds. The highest BCUT2D eigenvalue weighted by Gasteiger charge is 2.15. The molecule has 2 aromatic carbocycles. The van der Waals surface area contributed by atoms with Gasteiger partial charge < -0.3 is 10.1 Å². The number of methoxy groups -OCH3 is 1. The van der Waals surface area contributed by atoms with Gasteiger partial charge in [0, 0.05) is 9.79 Å². The van der Waals surface area contributed by atoms with Crippen LogP contribution in [0, 0.1) is 0 Å². The number of ether oxygens (including phenoxy) is 1. The van der Waals surface area contributed by atoms with E-state index in [9.17, 15) is 4.79 Å². The first-order chi connectivity index (χ1) is 10.7. The van der Waals surface area contributed by atoms with Crippen LogP contribution in [-0.2, 0) is 4.74 Å². The monoisotopic (exact) mass is 313 g/mol. The van der Waals surface area contributed by atoms with Crippen molar-refractivity contribution in [3.05, 3.63) is 48.0 Å². The third kappa shape index (κ3) is 2.92. The fourth-order valence-electron chi connectivity index (χ4n) is 2.10. The number of nitrogens with zero attached hydrogens (tertiary/aromatic N) is 1. The molecular weight excluding hydrogens is 298 g/mol. The molecular formula is C16H15N3O2S. The van der Waals surface area contributed by atoms with Crippen LogP contribution in [0.25, 0.3) is 0 Å². The Kier molecular flexibility index (Phi) is 4.02. The summed E-state index contributed by atoms with van der Waals surface area (Å²) in [5, 5.41) is 7.44. The van der Waals surface area contributed by atoms with Crippen LogP contribution >= 0.6 is 11.8 Å². The lowest BCUT2D eigenvalue weighted by Crippen LogP contribution is -2.18. The zero-order valence-corrected chi connectivity index (χ0v) is 13.0. The Hall–Kier alpha value is -2.47. The number of carbonyl (C=O) groups is 1. The van der Waals surface area contributed by atoms with E-state index in [1.165, 1.54) is 12.0 Å². The number of hydrazone groups is 1. The second-order valence-corrected chi connectivity index (χ2v) is 5.82. The number of carbonyl (C=O) groups excluding carboxylic acids is 1. The van der Waals surface area contributed by atoms with Crippen LogP contribution in [0.2, 0.25) is 0 Å². The fraction of sp³-hybridized carbons (Fsp3) is 0.125. The van der Waals surface area contributed by atoms with Gasteiger partial charge in [-0.3, -0.25) is 0 Å². The van der Waals surface area contributed by atoms with Gasteiger partial charge in [0.05, 0.1) is 24.2 Å². The molecule has 0 saturated heterocycles. The van der Waals surface area contributed by atoms with Crippen LogP contribution < -0.4 is 10.7 Å². The summed E-state index contributed by atoms with van der Waals surface area (Å²) in [6.07, 6.45) is -0.583. The molecule has 1 aliphatic rings. The first kappa shape index (κ1) is 14.5. The zero-order chi connectivity index (χ0) is 15.5. The van der Waals surface area contributed by atoms with E-state index in [1.54, 1.807) is 11.8 Å². The number of benzene rings is 2. The first-order valence-corrected chi connectivity index (χ1v) is 7.55. The van der Waals surface area contributed by atoms with Crippen molar-refractivity contribution in [2.45, 2.75) is 16.7 Å². The molecule has 112 valence electrons. The van der Waals surface area contributed by atoms with E-state index in [0.717, 1.165) is 21.8 Å². The van der Waals surface area contributed by atoms with Crippen LogP contribution in [0.15, 0.2) is 57.4 Å². The summed E-state index contributed by atoms with van der Waals surface area (Å²) in [5.41, 5.74) is 6.10. The Bertz CT molecular complexity index is 759. The Balaban J connectivity index is 1.85. The van der Waals surface area contributed by atoms with Gasteiger partial charge in [-0.1, -0.05) is 30.0 Å². The topological polar surface area (TPSA) is 62.7 Å². The molecule has 2 aromatic rings. The molecule has 0 bridgehead atoms. The van der Waals surface area contributed by atoms with E-state index >= 15 is 0 Å². The Morgan fingerprint density at radius 3 is 2.77 bits per heavy atom. The van der Waals surface area contributed by atoms with Gasteiger partial charge in [0.2, 0.25) is 0 Å². The third-order valence-electron chi connectivity index (χ3n) is 3.27. The largest absolute Gasteiger partial charge is 0.452 e. The van der Waals surface area contributed by atoms with Crippen molar-refractivity contribution in [3.63, 3.8) is 0 Å². The fourth-order valence-corrected chi connectivity index (χ4v) is 3.07. The molecule has 6 heteroatoms. The number of fused-ring (bicyclic) bond motifs is 2. The molecule has 0 atom stereocenters. The zero-order valence-electron chi connectivity index (χ0n) is 12.2. The predicted molar refractivity (Wildman–Crippen MR) is 88.0 cm³/mol. The van der Waals surface area contributed by atoms with Gasteiger partial charge >= 0.3 is 6.09 Å². The van der Waals surface area contributed by atoms with Crippen LogP contribution in [0.3, 0.4) is 0 Å². The molecule has 0 saturated carbocycles. The summed E-state index contributed by atoms with van der Waals surface area (Å²) < 4.78 is 4.49. The summed E-state index contributed by atoms with van der Waals surface area (Å²) in [6, 6.07) is 14.2. The molecule has 0 aliphatic carbocycles. The number of hydrogen-bond donors (Lipinski definition) is 2. The average Bonchev–Trinajstić information content (AvgIpc) is 2.56. The maximum atomic E-state index is 11.1. The van der Waals surface area contributed by atoms with E-state index < -0.39 is 6.09 Å². The summed E-state index contributed by atoms with van der Waals surface area (Å²) >= 11 is 1.73. The van der Waals surface area contributed by atoms with Gasteiger partial charge in [-0.15, -0.1) is 0 Å². The molecule has 0 radical (unpaired) electrons. The molecule has 0 fully saturated rings. The lowest BCUT2D eigenvalue weighted by molar-refractivity contribution is 0.171.